The molecule has 0 bridgehead atoms. The van der Waals surface area contributed by atoms with Gasteiger partial charge < -0.3 is 40.2 Å². The van der Waals surface area contributed by atoms with Gasteiger partial charge in [-0.15, -0.1) is 0 Å². The van der Waals surface area contributed by atoms with Gasteiger partial charge in [0, 0.05) is 6.61 Å². The fourth-order valence-corrected chi connectivity index (χ4v) is 0.300. The van der Waals surface area contributed by atoms with E-state index in [-0.39, 0.29) is 6.61 Å². The van der Waals surface area contributed by atoms with Crippen LogP contribution in [0.15, 0.2) is 0 Å². The summed E-state index contributed by atoms with van der Waals surface area (Å²) in [7, 11) is -4.64. The molecule has 0 aliphatic heterocycles. The molecule has 0 saturated carbocycles. The van der Waals surface area contributed by atoms with E-state index in [1.807, 2.05) is 0 Å². The van der Waals surface area contributed by atoms with Gasteiger partial charge in [0.25, 0.3) is 0 Å². The van der Waals surface area contributed by atoms with E-state index in [9.17, 15) is 0 Å². The first-order chi connectivity index (χ1) is 7.66. The Morgan fingerprint density at radius 2 is 0.941 bits per heavy atom. The van der Waals surface area contributed by atoms with Crippen LogP contribution in [0.2, 0.25) is 0 Å². The predicted octanol–water partition coefficient (Wildman–Crippen LogP) is -2.99. The average Bonchev–Trinajstić information content (AvgIpc) is 2.21. The predicted molar refractivity (Wildman–Crippen MR) is 57.8 cm³/mol. The van der Waals surface area contributed by atoms with E-state index in [4.69, 9.17) is 44.8 Å². The maximum Gasteiger partial charge on any atom is 0.466 e. The first-order valence-corrected chi connectivity index (χ1v) is 6.05. The Hall–Kier alpha value is -0.0900. The fraction of sp³-hybridized carbons (Fsp3) is 1.00. The number of hydrogen-bond donors (Lipinski definition) is 8. The van der Waals surface area contributed by atoms with Gasteiger partial charge in [0.15, 0.2) is 0 Å². The van der Waals surface area contributed by atoms with E-state index in [1.54, 1.807) is 6.92 Å². The molecule has 0 saturated heterocycles. The number of rotatable bonds is 4. The summed E-state index contributed by atoms with van der Waals surface area (Å²) in [5, 5.41) is 41.6. The molecule has 0 spiro atoms. The lowest BCUT2D eigenvalue weighted by molar-refractivity contribution is -0.0328. The lowest BCUT2D eigenvalue weighted by Gasteiger charge is -2.23. The Labute approximate surface area is 98.8 Å². The van der Waals surface area contributed by atoms with Crippen molar-refractivity contribution in [1.82, 2.24) is 0 Å². The molecule has 0 rings (SSSR count). The summed E-state index contributed by atoms with van der Waals surface area (Å²) < 4.78 is 8.88. The molecule has 0 fully saturated rings. The van der Waals surface area contributed by atoms with Gasteiger partial charge in [-0.2, -0.15) is 0 Å². The smallest absolute Gasteiger partial charge is 0.397 e. The summed E-state index contributed by atoms with van der Waals surface area (Å²) in [6, 6.07) is 0. The molecule has 0 unspecified atom stereocenters. The normalized spacial score (nSPS) is 10.9. The minimum atomic E-state index is -4.64. The van der Waals surface area contributed by atoms with Crippen molar-refractivity contribution in [2.45, 2.75) is 6.92 Å². The van der Waals surface area contributed by atoms with Crippen molar-refractivity contribution in [3.63, 3.8) is 0 Å². The second-order valence-electron chi connectivity index (χ2n) is 2.96. The van der Waals surface area contributed by atoms with E-state index in [0.29, 0.717) is 0 Å². The summed E-state index contributed by atoms with van der Waals surface area (Å²) in [6.07, 6.45) is 0. The van der Waals surface area contributed by atoms with Crippen LogP contribution in [0.4, 0.5) is 0 Å². The van der Waals surface area contributed by atoms with Crippen LogP contribution in [0.1, 0.15) is 6.92 Å². The monoisotopic (exact) mass is 280 g/mol. The van der Waals surface area contributed by atoms with Gasteiger partial charge in [-0.05, 0) is 6.92 Å². The molecular formula is C7H21O9P. The Balaban J connectivity index is -0.000000207. The molecule has 0 atom stereocenters. The Kier molecular flexibility index (Phi) is 16.1. The van der Waals surface area contributed by atoms with E-state index < -0.39 is 39.7 Å². The quantitative estimate of drug-likeness (QED) is 0.249. The molecule has 0 aromatic rings. The van der Waals surface area contributed by atoms with Crippen LogP contribution in [-0.2, 0) is 4.57 Å². The van der Waals surface area contributed by atoms with E-state index in [1.165, 1.54) is 0 Å². The molecular weight excluding hydrogens is 259 g/mol. The average molecular weight is 280 g/mol. The number of phosphoric acid groups is 1. The zero-order valence-corrected chi connectivity index (χ0v) is 10.4. The molecule has 0 heterocycles. The second kappa shape index (κ2) is 12.4. The Morgan fingerprint density at radius 1 is 0.824 bits per heavy atom. The third kappa shape index (κ3) is 21.7. The van der Waals surface area contributed by atoms with Crippen molar-refractivity contribution in [2.24, 2.45) is 5.41 Å². The topological polar surface area (TPSA) is 179 Å². The first-order valence-electron chi connectivity index (χ1n) is 4.49. The Bertz CT molecular complexity index is 162. The van der Waals surface area contributed by atoms with E-state index in [0.717, 1.165) is 0 Å². The van der Waals surface area contributed by atoms with Crippen LogP contribution < -0.4 is 0 Å². The van der Waals surface area contributed by atoms with Gasteiger partial charge in [-0.3, -0.25) is 0 Å². The van der Waals surface area contributed by atoms with Gasteiger partial charge in [0.05, 0.1) is 31.8 Å². The van der Waals surface area contributed by atoms with Gasteiger partial charge in [-0.1, -0.05) is 0 Å². The van der Waals surface area contributed by atoms with Crippen LogP contribution in [0.5, 0.6) is 0 Å². The SMILES string of the molecule is CCO.O=P(O)(O)O.OCC(CO)(CO)CO. The molecule has 0 aliphatic carbocycles. The summed E-state index contributed by atoms with van der Waals surface area (Å²) in [6.45, 7) is 0.306. The molecule has 0 aliphatic rings. The standard InChI is InChI=1S/C5H12O4.C2H6O.H3O4P/c6-1-5(2-7,3-8)4-9;1-2-3;1-5(2,3)4/h6-9H,1-4H2;3H,2H2,1H3;(H3,1,2,3,4). The highest BCUT2D eigenvalue weighted by atomic mass is 31.2. The molecule has 0 radical (unpaired) electrons. The number of aliphatic hydroxyl groups excluding tert-OH is 5. The van der Waals surface area contributed by atoms with Gasteiger partial charge in [0.1, 0.15) is 0 Å². The molecule has 108 valence electrons. The summed E-state index contributed by atoms with van der Waals surface area (Å²) in [5.74, 6) is 0. The van der Waals surface area contributed by atoms with Crippen LogP contribution in [0.25, 0.3) is 0 Å². The van der Waals surface area contributed by atoms with Crippen molar-refractivity contribution >= 4 is 7.82 Å². The maximum atomic E-state index is 8.88. The third-order valence-corrected chi connectivity index (χ3v) is 1.34. The zero-order chi connectivity index (χ0) is 14.5. The molecule has 8 N–H and O–H groups in total. The molecule has 0 aromatic carbocycles. The summed E-state index contributed by atoms with van der Waals surface area (Å²) in [5.41, 5.74) is -1.11. The summed E-state index contributed by atoms with van der Waals surface area (Å²) in [4.78, 5) is 21.6. The molecule has 9 nitrogen and oxygen atoms in total. The van der Waals surface area contributed by atoms with Crippen LogP contribution >= 0.6 is 7.82 Å². The van der Waals surface area contributed by atoms with Crippen molar-refractivity contribution in [2.75, 3.05) is 33.0 Å². The van der Waals surface area contributed by atoms with Gasteiger partial charge >= 0.3 is 7.82 Å². The van der Waals surface area contributed by atoms with E-state index in [2.05, 4.69) is 0 Å². The molecule has 17 heavy (non-hydrogen) atoms. The highest BCUT2D eigenvalue weighted by Crippen LogP contribution is 2.25. The van der Waals surface area contributed by atoms with Gasteiger partial charge in [0.2, 0.25) is 0 Å². The van der Waals surface area contributed by atoms with Crippen molar-refractivity contribution < 1.29 is 44.8 Å². The maximum absolute atomic E-state index is 8.88. The largest absolute Gasteiger partial charge is 0.466 e. The lowest BCUT2D eigenvalue weighted by atomic mass is 9.93. The number of aliphatic hydroxyl groups is 5. The van der Waals surface area contributed by atoms with Crippen LogP contribution in [0.3, 0.4) is 0 Å². The van der Waals surface area contributed by atoms with Crippen molar-refractivity contribution in [3.05, 3.63) is 0 Å². The first kappa shape index (κ1) is 22.1. The fourth-order valence-electron chi connectivity index (χ4n) is 0.300. The van der Waals surface area contributed by atoms with E-state index >= 15 is 0 Å². The zero-order valence-electron chi connectivity index (χ0n) is 9.47. The molecule has 10 heteroatoms. The van der Waals surface area contributed by atoms with Crippen LogP contribution in [0, 0.1) is 5.41 Å². The lowest BCUT2D eigenvalue weighted by Crippen LogP contribution is -2.37. The third-order valence-electron chi connectivity index (χ3n) is 1.34. The highest BCUT2D eigenvalue weighted by molar-refractivity contribution is 7.45. The molecule has 0 aromatic heterocycles. The number of hydrogen-bond acceptors (Lipinski definition) is 6. The Morgan fingerprint density at radius 3 is 0.941 bits per heavy atom. The van der Waals surface area contributed by atoms with Crippen molar-refractivity contribution in [1.29, 1.82) is 0 Å². The second-order valence-corrected chi connectivity index (χ2v) is 3.99. The van der Waals surface area contributed by atoms with Gasteiger partial charge in [-0.25, -0.2) is 4.57 Å². The molecule has 0 amide bonds. The minimum Gasteiger partial charge on any atom is -0.397 e. The van der Waals surface area contributed by atoms with Crippen LogP contribution in [-0.4, -0.2) is 73.2 Å². The van der Waals surface area contributed by atoms with Crippen molar-refractivity contribution in [3.8, 4) is 0 Å². The minimum absolute atomic E-state index is 0.250. The summed E-state index contributed by atoms with van der Waals surface area (Å²) >= 11 is 0. The highest BCUT2D eigenvalue weighted by Gasteiger charge is 2.26.